The lowest BCUT2D eigenvalue weighted by Crippen LogP contribution is -2.44. The van der Waals surface area contributed by atoms with E-state index >= 15 is 0 Å². The van der Waals surface area contributed by atoms with E-state index in [0.717, 1.165) is 0 Å². The van der Waals surface area contributed by atoms with Crippen molar-refractivity contribution in [1.29, 1.82) is 0 Å². The molecule has 3 aromatic rings. The van der Waals surface area contributed by atoms with E-state index in [1.807, 2.05) is 11.1 Å². The maximum absolute atomic E-state index is 12.8. The Morgan fingerprint density at radius 2 is 1.77 bits per heavy atom. The van der Waals surface area contributed by atoms with Gasteiger partial charge in [0.25, 0.3) is 10.0 Å². The molecule has 0 saturated heterocycles. The van der Waals surface area contributed by atoms with Crippen molar-refractivity contribution < 1.29 is 22.7 Å². The van der Waals surface area contributed by atoms with Gasteiger partial charge in [-0.05, 0) is 12.3 Å². The number of benzene rings is 1. The highest BCUT2D eigenvalue weighted by molar-refractivity contribution is 8.00. The molecule has 31 heavy (non-hydrogen) atoms. The van der Waals surface area contributed by atoms with E-state index < -0.39 is 16.1 Å². The molecular weight excluding hydrogens is 466 g/mol. The first-order valence-corrected chi connectivity index (χ1v) is 11.9. The van der Waals surface area contributed by atoms with Crippen molar-refractivity contribution in [2.45, 2.75) is 9.24 Å². The topological polar surface area (TPSA) is 157 Å². The first-order chi connectivity index (χ1) is 14.9. The number of ether oxygens (including phenoxy) is 2. The molecule has 0 bridgehead atoms. The maximum atomic E-state index is 12.8. The highest BCUT2D eigenvalue weighted by Crippen LogP contribution is 2.32. The van der Waals surface area contributed by atoms with Crippen LogP contribution < -0.4 is 25.0 Å². The molecule has 2 heterocycles. The minimum absolute atomic E-state index is 0.0709. The number of thioether (sulfide) groups is 1. The molecule has 0 atom stereocenters. The molecule has 2 aromatic heterocycles. The maximum Gasteiger partial charge on any atom is 0.336 e. The van der Waals surface area contributed by atoms with E-state index in [9.17, 15) is 13.2 Å². The smallest absolute Gasteiger partial charge is 0.336 e. The molecule has 0 spiro atoms. The van der Waals surface area contributed by atoms with Crippen molar-refractivity contribution in [2.75, 3.05) is 25.8 Å². The van der Waals surface area contributed by atoms with Crippen LogP contribution in [-0.4, -0.2) is 55.1 Å². The van der Waals surface area contributed by atoms with Gasteiger partial charge in [-0.1, -0.05) is 41.3 Å². The Morgan fingerprint density at radius 1 is 1.10 bits per heavy atom. The monoisotopic (exact) mass is 483 g/mol. The number of nitrogens with one attached hydrogen (secondary N) is 3. The number of carbonyl (C=O) groups is 1. The van der Waals surface area contributed by atoms with Crippen molar-refractivity contribution >= 4 is 45.1 Å². The summed E-state index contributed by atoms with van der Waals surface area (Å²) in [4.78, 5) is 22.0. The van der Waals surface area contributed by atoms with Crippen LogP contribution in [0.15, 0.2) is 39.6 Å². The summed E-state index contributed by atoms with van der Waals surface area (Å²) in [7, 11) is -1.36. The number of hydrogen-bond acceptors (Lipinski definition) is 11. The summed E-state index contributed by atoms with van der Waals surface area (Å²) < 4.78 is 36.2. The summed E-state index contributed by atoms with van der Waals surface area (Å²) in [5.74, 6) is 0.156. The second kappa shape index (κ2) is 9.86. The van der Waals surface area contributed by atoms with E-state index in [1.165, 1.54) is 49.5 Å². The van der Waals surface area contributed by atoms with Gasteiger partial charge in [-0.15, -0.1) is 15.0 Å². The zero-order valence-electron chi connectivity index (χ0n) is 16.4. The summed E-state index contributed by atoms with van der Waals surface area (Å²) >= 11 is 2.66. The Morgan fingerprint density at radius 3 is 2.39 bits per heavy atom. The standard InChI is InChI=1S/C16H17N7O5S3/c1-27-11-8-12(28-2)18-14(17-11)19-15(24)21-23-31(25,26)10-7-5-4-6-9(10)13-20-22-16(29-3)30-13/h4-8,23H,1-3H3,(H2,17,18,19,21,24). The molecule has 0 radical (unpaired) electrons. The predicted molar refractivity (Wildman–Crippen MR) is 115 cm³/mol. The van der Waals surface area contributed by atoms with Crippen LogP contribution in [0.5, 0.6) is 11.8 Å². The minimum Gasteiger partial charge on any atom is -0.481 e. The van der Waals surface area contributed by atoms with Crippen LogP contribution in [0.4, 0.5) is 10.7 Å². The Hall–Kier alpha value is -3.01. The summed E-state index contributed by atoms with van der Waals surface area (Å²) in [6.07, 6.45) is 1.85. The van der Waals surface area contributed by atoms with E-state index in [0.29, 0.717) is 14.9 Å². The Labute approximate surface area is 185 Å². The van der Waals surface area contributed by atoms with Crippen molar-refractivity contribution in [3.8, 4) is 22.3 Å². The Bertz CT molecular complexity index is 1160. The van der Waals surface area contributed by atoms with Gasteiger partial charge in [-0.2, -0.15) is 9.97 Å². The zero-order chi connectivity index (χ0) is 22.4. The third-order valence-electron chi connectivity index (χ3n) is 3.61. The van der Waals surface area contributed by atoms with Gasteiger partial charge in [0.15, 0.2) is 4.34 Å². The molecule has 0 aliphatic carbocycles. The minimum atomic E-state index is -4.13. The zero-order valence-corrected chi connectivity index (χ0v) is 18.9. The van der Waals surface area contributed by atoms with E-state index in [4.69, 9.17) is 9.47 Å². The Kier molecular flexibility index (Phi) is 7.21. The third kappa shape index (κ3) is 5.57. The molecule has 15 heteroatoms. The molecule has 3 N–H and O–H groups in total. The number of hydrogen-bond donors (Lipinski definition) is 3. The van der Waals surface area contributed by atoms with Gasteiger partial charge in [0.05, 0.1) is 25.2 Å². The molecule has 0 fully saturated rings. The number of methoxy groups -OCH3 is 2. The van der Waals surface area contributed by atoms with Gasteiger partial charge in [0.1, 0.15) is 5.01 Å². The van der Waals surface area contributed by atoms with Gasteiger partial charge >= 0.3 is 6.03 Å². The second-order valence-corrected chi connectivity index (χ2v) is 9.22. The molecule has 12 nitrogen and oxygen atoms in total. The number of nitrogens with zero attached hydrogens (tertiary/aromatic N) is 4. The predicted octanol–water partition coefficient (Wildman–Crippen LogP) is 1.75. The van der Waals surface area contributed by atoms with Gasteiger partial charge in [0, 0.05) is 5.56 Å². The summed E-state index contributed by atoms with van der Waals surface area (Å²) in [6.45, 7) is 0. The van der Waals surface area contributed by atoms with Gasteiger partial charge < -0.3 is 9.47 Å². The highest BCUT2D eigenvalue weighted by Gasteiger charge is 2.22. The number of hydrazine groups is 1. The lowest BCUT2D eigenvalue weighted by Gasteiger charge is -2.12. The quantitative estimate of drug-likeness (QED) is 0.318. The summed E-state index contributed by atoms with van der Waals surface area (Å²) in [6, 6.07) is 6.74. The van der Waals surface area contributed by atoms with E-state index in [2.05, 4.69) is 30.9 Å². The lowest BCUT2D eigenvalue weighted by atomic mass is 10.2. The summed E-state index contributed by atoms with van der Waals surface area (Å²) in [5, 5.41) is 10.7. The fraction of sp³-hybridized carbons (Fsp3) is 0.188. The molecule has 0 aliphatic heterocycles. The second-order valence-electron chi connectivity index (χ2n) is 5.53. The van der Waals surface area contributed by atoms with Gasteiger partial charge in [0.2, 0.25) is 17.7 Å². The number of rotatable bonds is 8. The fourth-order valence-electron chi connectivity index (χ4n) is 2.25. The van der Waals surface area contributed by atoms with Crippen molar-refractivity contribution in [3.05, 3.63) is 30.3 Å². The van der Waals surface area contributed by atoms with Crippen LogP contribution >= 0.6 is 23.1 Å². The van der Waals surface area contributed by atoms with Crippen LogP contribution in [0.25, 0.3) is 10.6 Å². The fourth-order valence-corrected chi connectivity index (χ4v) is 4.67. The SMILES string of the molecule is COc1cc(OC)nc(NC(=O)NNS(=O)(=O)c2ccccc2-c2nnc(SC)s2)n1. The highest BCUT2D eigenvalue weighted by atomic mass is 32.2. The van der Waals surface area contributed by atoms with Crippen molar-refractivity contribution in [1.82, 2.24) is 30.4 Å². The van der Waals surface area contributed by atoms with Crippen molar-refractivity contribution in [3.63, 3.8) is 0 Å². The van der Waals surface area contributed by atoms with Crippen molar-refractivity contribution in [2.24, 2.45) is 0 Å². The first-order valence-electron chi connectivity index (χ1n) is 8.39. The number of carbonyl (C=O) groups excluding carboxylic acids is 1. The molecule has 0 saturated carbocycles. The van der Waals surface area contributed by atoms with Crippen LogP contribution in [0.1, 0.15) is 0 Å². The number of aromatic nitrogens is 4. The molecule has 2 amide bonds. The lowest BCUT2D eigenvalue weighted by molar-refractivity contribution is 0.250. The van der Waals surface area contributed by atoms with E-state index in [-0.39, 0.29) is 22.6 Å². The van der Waals surface area contributed by atoms with Gasteiger partial charge in [-0.3, -0.25) is 10.7 Å². The third-order valence-corrected chi connectivity index (χ3v) is 6.85. The average Bonchev–Trinajstić information content (AvgIpc) is 3.27. The normalized spacial score (nSPS) is 11.1. The molecule has 1 aromatic carbocycles. The van der Waals surface area contributed by atoms with Crippen LogP contribution in [-0.2, 0) is 10.0 Å². The largest absolute Gasteiger partial charge is 0.481 e. The van der Waals surface area contributed by atoms with Crippen LogP contribution in [0, 0.1) is 0 Å². The molecule has 3 rings (SSSR count). The average molecular weight is 484 g/mol. The molecule has 0 unspecified atom stereocenters. The first kappa shape index (κ1) is 22.7. The molecule has 0 aliphatic rings. The Balaban J connectivity index is 1.74. The van der Waals surface area contributed by atoms with Crippen LogP contribution in [0.2, 0.25) is 0 Å². The summed E-state index contributed by atoms with van der Waals surface area (Å²) in [5.41, 5.74) is 2.41. The van der Waals surface area contributed by atoms with Crippen LogP contribution in [0.3, 0.4) is 0 Å². The number of amides is 2. The molecular formula is C16H17N7O5S3. The van der Waals surface area contributed by atoms with E-state index in [1.54, 1.807) is 18.2 Å². The van der Waals surface area contributed by atoms with Gasteiger partial charge in [-0.25, -0.2) is 13.2 Å². The molecule has 164 valence electrons. The number of urea groups is 1. The number of sulfonamides is 1. The number of anilines is 1.